The summed E-state index contributed by atoms with van der Waals surface area (Å²) in [6.07, 6.45) is 7.71. The molecule has 0 radical (unpaired) electrons. The number of rotatable bonds is 13. The van der Waals surface area contributed by atoms with Gasteiger partial charge in [-0.05, 0) is 44.2 Å². The van der Waals surface area contributed by atoms with E-state index in [0.717, 1.165) is 37.8 Å². The third kappa shape index (κ3) is 8.15. The highest BCUT2D eigenvalue weighted by atomic mass is 31.2. The van der Waals surface area contributed by atoms with E-state index in [9.17, 15) is 19.0 Å². The van der Waals surface area contributed by atoms with Gasteiger partial charge in [0.2, 0.25) is 13.3 Å². The fourth-order valence-corrected chi connectivity index (χ4v) is 5.62. The maximum atomic E-state index is 12.4. The van der Waals surface area contributed by atoms with Crippen LogP contribution in [0, 0.1) is 0 Å². The molecule has 0 fully saturated rings. The maximum absolute atomic E-state index is 12.4. The lowest BCUT2D eigenvalue weighted by Crippen LogP contribution is -2.33. The molecule has 0 spiro atoms. The fraction of sp³-hybridized carbons (Fsp3) is 0.565. The van der Waals surface area contributed by atoms with E-state index < -0.39 is 7.37 Å². The van der Waals surface area contributed by atoms with Crippen LogP contribution >= 0.6 is 7.37 Å². The SMILES string of the molecule is CCCCP(=O)(O)C1=CC[C@@H](NC(=O)CCCCCNC(=O)c2ccccc2NC)C1. The molecule has 2 amide bonds. The van der Waals surface area contributed by atoms with E-state index in [-0.39, 0.29) is 17.9 Å². The predicted molar refractivity (Wildman–Crippen MR) is 126 cm³/mol. The third-order valence-electron chi connectivity index (χ3n) is 5.53. The fourth-order valence-electron chi connectivity index (χ4n) is 3.69. The Bertz CT molecular complexity index is 825. The van der Waals surface area contributed by atoms with Gasteiger partial charge in [0, 0.05) is 43.2 Å². The van der Waals surface area contributed by atoms with Crippen LogP contribution in [0.4, 0.5) is 5.69 Å². The minimum absolute atomic E-state index is 0.0204. The average molecular weight is 450 g/mol. The van der Waals surface area contributed by atoms with Crippen molar-refractivity contribution < 1.29 is 19.0 Å². The molecule has 1 aliphatic carbocycles. The quantitative estimate of drug-likeness (QED) is 0.266. The molecule has 172 valence electrons. The number of carbonyl (C=O) groups excluding carboxylic acids is 2. The molecule has 1 aromatic carbocycles. The first-order chi connectivity index (χ1) is 14.9. The highest BCUT2D eigenvalue weighted by molar-refractivity contribution is 7.62. The Morgan fingerprint density at radius 1 is 1.16 bits per heavy atom. The summed E-state index contributed by atoms with van der Waals surface area (Å²) in [5.74, 6) is -0.125. The molecule has 2 atom stereocenters. The number of hydrogen-bond donors (Lipinski definition) is 4. The summed E-state index contributed by atoms with van der Waals surface area (Å²) in [5.41, 5.74) is 1.42. The van der Waals surface area contributed by atoms with Gasteiger partial charge in [-0.1, -0.05) is 38.0 Å². The van der Waals surface area contributed by atoms with Crippen LogP contribution in [0.2, 0.25) is 0 Å². The van der Waals surface area contributed by atoms with E-state index in [1.54, 1.807) is 13.1 Å². The van der Waals surface area contributed by atoms with Gasteiger partial charge < -0.3 is 20.8 Å². The average Bonchev–Trinajstić information content (AvgIpc) is 3.23. The van der Waals surface area contributed by atoms with Crippen molar-refractivity contribution in [3.63, 3.8) is 0 Å². The first-order valence-electron chi connectivity index (χ1n) is 11.2. The molecule has 0 aromatic heterocycles. The van der Waals surface area contributed by atoms with Crippen LogP contribution in [0.15, 0.2) is 35.7 Å². The lowest BCUT2D eigenvalue weighted by Gasteiger charge is -2.16. The highest BCUT2D eigenvalue weighted by Crippen LogP contribution is 2.54. The van der Waals surface area contributed by atoms with Crippen molar-refractivity contribution in [2.45, 2.75) is 64.3 Å². The van der Waals surface area contributed by atoms with Crippen LogP contribution < -0.4 is 16.0 Å². The molecular weight excluding hydrogens is 413 g/mol. The van der Waals surface area contributed by atoms with Gasteiger partial charge in [0.1, 0.15) is 0 Å². The molecule has 7 nitrogen and oxygen atoms in total. The van der Waals surface area contributed by atoms with Crippen LogP contribution in [0.1, 0.15) is 68.6 Å². The zero-order valence-electron chi connectivity index (χ0n) is 18.7. The molecule has 0 saturated carbocycles. The molecule has 0 aliphatic heterocycles. The topological polar surface area (TPSA) is 108 Å². The van der Waals surface area contributed by atoms with Gasteiger partial charge in [0.05, 0.1) is 5.56 Å². The summed E-state index contributed by atoms with van der Waals surface area (Å²) in [6, 6.07) is 7.29. The first kappa shape index (κ1) is 25.2. The second-order valence-corrected chi connectivity index (χ2v) is 10.5. The smallest absolute Gasteiger partial charge is 0.253 e. The van der Waals surface area contributed by atoms with E-state index in [2.05, 4.69) is 16.0 Å². The number of benzene rings is 1. The number of para-hydroxylation sites is 1. The Kier molecular flexibility index (Phi) is 10.3. The number of hydrogen-bond acceptors (Lipinski definition) is 4. The molecule has 31 heavy (non-hydrogen) atoms. The zero-order chi connectivity index (χ0) is 22.7. The Morgan fingerprint density at radius 3 is 2.68 bits per heavy atom. The molecule has 1 aromatic rings. The van der Waals surface area contributed by atoms with Crippen LogP contribution in [0.3, 0.4) is 0 Å². The van der Waals surface area contributed by atoms with E-state index in [1.165, 1.54) is 0 Å². The number of carbonyl (C=O) groups is 2. The number of unbranched alkanes of at least 4 members (excludes halogenated alkanes) is 3. The first-order valence-corrected chi connectivity index (χ1v) is 13.1. The van der Waals surface area contributed by atoms with Crippen molar-refractivity contribution in [3.8, 4) is 0 Å². The van der Waals surface area contributed by atoms with E-state index in [1.807, 2.05) is 31.2 Å². The summed E-state index contributed by atoms with van der Waals surface area (Å²) in [5, 5.41) is 9.52. The third-order valence-corrected chi connectivity index (χ3v) is 7.71. The lowest BCUT2D eigenvalue weighted by atomic mass is 10.1. The van der Waals surface area contributed by atoms with Crippen LogP contribution in [-0.2, 0) is 9.36 Å². The predicted octanol–water partition coefficient (Wildman–Crippen LogP) is 4.25. The van der Waals surface area contributed by atoms with Crippen molar-refractivity contribution in [2.24, 2.45) is 0 Å². The number of anilines is 1. The van der Waals surface area contributed by atoms with Crippen LogP contribution in [0.5, 0.6) is 0 Å². The molecule has 1 aliphatic rings. The van der Waals surface area contributed by atoms with Crippen molar-refractivity contribution >= 4 is 24.9 Å². The number of nitrogens with one attached hydrogen (secondary N) is 3. The maximum Gasteiger partial charge on any atom is 0.253 e. The van der Waals surface area contributed by atoms with E-state index in [0.29, 0.717) is 42.8 Å². The molecule has 4 N–H and O–H groups in total. The van der Waals surface area contributed by atoms with Gasteiger partial charge >= 0.3 is 0 Å². The van der Waals surface area contributed by atoms with Crippen LogP contribution in [-0.4, -0.2) is 42.5 Å². The molecule has 0 heterocycles. The zero-order valence-corrected chi connectivity index (χ0v) is 19.5. The Hall–Kier alpha value is -2.11. The summed E-state index contributed by atoms with van der Waals surface area (Å²) in [4.78, 5) is 34.6. The molecule has 0 bridgehead atoms. The number of amides is 2. The van der Waals surface area contributed by atoms with Crippen molar-refractivity contribution in [3.05, 3.63) is 41.2 Å². The van der Waals surface area contributed by atoms with Gasteiger partial charge in [0.15, 0.2) is 0 Å². The van der Waals surface area contributed by atoms with Crippen molar-refractivity contribution in [2.75, 3.05) is 25.1 Å². The van der Waals surface area contributed by atoms with Gasteiger partial charge in [-0.3, -0.25) is 14.2 Å². The summed E-state index contributed by atoms with van der Waals surface area (Å²) < 4.78 is 12.4. The van der Waals surface area contributed by atoms with Crippen molar-refractivity contribution in [1.29, 1.82) is 0 Å². The van der Waals surface area contributed by atoms with E-state index in [4.69, 9.17) is 0 Å². The molecular formula is C23H36N3O4P. The van der Waals surface area contributed by atoms with Gasteiger partial charge in [-0.2, -0.15) is 0 Å². The molecule has 2 rings (SSSR count). The highest BCUT2D eigenvalue weighted by Gasteiger charge is 2.30. The van der Waals surface area contributed by atoms with Gasteiger partial charge in [-0.25, -0.2) is 0 Å². The normalized spacial score (nSPS) is 17.5. The minimum atomic E-state index is -3.24. The Labute approximate surface area is 185 Å². The van der Waals surface area contributed by atoms with Crippen LogP contribution in [0.25, 0.3) is 0 Å². The van der Waals surface area contributed by atoms with Gasteiger partial charge in [0.25, 0.3) is 5.91 Å². The summed E-state index contributed by atoms with van der Waals surface area (Å²) in [6.45, 7) is 2.57. The summed E-state index contributed by atoms with van der Waals surface area (Å²) >= 11 is 0. The molecule has 1 unspecified atom stereocenters. The lowest BCUT2D eigenvalue weighted by molar-refractivity contribution is -0.121. The standard InChI is InChI=1S/C23H36N3O4P/c1-3-4-16-31(29,30)19-14-13-18(17-19)26-22(27)12-6-5-9-15-25-23(28)20-10-7-8-11-21(20)24-2/h7-8,10-11,14,18,24H,3-6,9,12-13,15-17H2,1-2H3,(H,25,28)(H,26,27)(H,29,30)/t18-/m1/s1. The Balaban J connectivity index is 1.59. The Morgan fingerprint density at radius 2 is 1.94 bits per heavy atom. The largest absolute Gasteiger partial charge is 0.387 e. The second kappa shape index (κ2) is 12.7. The second-order valence-electron chi connectivity index (χ2n) is 8.04. The minimum Gasteiger partial charge on any atom is -0.387 e. The molecule has 8 heteroatoms. The molecule has 0 saturated heterocycles. The van der Waals surface area contributed by atoms with Gasteiger partial charge in [-0.15, -0.1) is 0 Å². The van der Waals surface area contributed by atoms with Crippen molar-refractivity contribution in [1.82, 2.24) is 10.6 Å². The summed E-state index contributed by atoms with van der Waals surface area (Å²) in [7, 11) is -1.45. The monoisotopic (exact) mass is 449 g/mol. The van der Waals surface area contributed by atoms with E-state index >= 15 is 0 Å².